The molecule has 26 atom stereocenters. The first-order valence-electron chi connectivity index (χ1n) is 28.2. The summed E-state index contributed by atoms with van der Waals surface area (Å²) in [6, 6.07) is -2.18. The second kappa shape index (κ2) is 35.9. The molecule has 5 aliphatic heterocycles. The monoisotopic (exact) mass is 1250 g/mol. The molecule has 5 aliphatic rings. The van der Waals surface area contributed by atoms with Gasteiger partial charge < -0.3 is 133 Å². The number of ether oxygens (including phenoxy) is 26. The minimum absolute atomic E-state index is 0.0146. The minimum Gasteiger partial charge on any atom is -0.465 e. The van der Waals surface area contributed by atoms with Gasteiger partial charge in [0.05, 0.1) is 52.3 Å². The molecule has 502 valence electrons. The molecule has 86 heavy (non-hydrogen) atoms. The van der Waals surface area contributed by atoms with Crippen LogP contribution in [0.4, 0.5) is 0 Å². The van der Waals surface area contributed by atoms with Gasteiger partial charge in [-0.15, -0.1) is 0 Å². The number of rotatable bonds is 34. The average Bonchev–Trinajstić information content (AvgIpc) is 0.827. The van der Waals surface area contributed by atoms with E-state index in [0.29, 0.717) is 0 Å². The van der Waals surface area contributed by atoms with E-state index in [-0.39, 0.29) is 45.4 Å². The maximum atomic E-state index is 14.7. The summed E-state index contributed by atoms with van der Waals surface area (Å²) in [6.07, 6.45) is -25.1. The van der Waals surface area contributed by atoms with Gasteiger partial charge in [-0.05, 0) is 0 Å². The van der Waals surface area contributed by atoms with Crippen molar-refractivity contribution in [1.29, 1.82) is 0 Å². The second-order valence-electron chi connectivity index (χ2n) is 21.1. The molecule has 0 aromatic rings. The highest BCUT2D eigenvalue weighted by Crippen LogP contribution is 2.43. The first-order valence-corrected chi connectivity index (χ1v) is 28.2. The molecule has 5 fully saturated rings. The first kappa shape index (κ1) is 74.1. The standard InChI is InChI=1S/C55H98N2O29/c1-27(58)56-35-42(38(69-12)31(23-62-5)78-50(35)84-45-39(70-13)32(24-63-6)80-52(48(45)74-17)82-41-34(26-65-8)79-51(76-19)47(73-16)44(41)72-15)83-53-49(75-18)46(40(71-14)33(81-53)25-64-7)86-55(54(60)77-20)21-29(66-9)36(57(3)28(2)59)43(85-55)37(68-11)30(67-10)22-61-4/h29-53H,21-26H2,1-20H3,(H,56,58)/t29-,30+,31+,32+,33+,34+,35+,36+,37+,38-,39-,40-,41+,42+,43+,44-,45-,46-,47+,48+,49+,50-,51-,52-,53-,55-/m0/s1. The van der Waals surface area contributed by atoms with Crippen molar-refractivity contribution in [3.05, 3.63) is 0 Å². The van der Waals surface area contributed by atoms with Crippen LogP contribution in [0.25, 0.3) is 0 Å². The summed E-state index contributed by atoms with van der Waals surface area (Å²) < 4.78 is 162. The largest absolute Gasteiger partial charge is 0.465 e. The Hall–Kier alpha value is -2.59. The Morgan fingerprint density at radius 1 is 0.488 bits per heavy atom. The number of nitrogens with one attached hydrogen (secondary N) is 1. The molecule has 0 unspecified atom stereocenters. The van der Waals surface area contributed by atoms with Crippen LogP contribution in [0.5, 0.6) is 0 Å². The topological polar surface area (TPSA) is 306 Å². The lowest BCUT2D eigenvalue weighted by Crippen LogP contribution is -2.72. The fraction of sp³-hybridized carbons (Fsp3) is 0.945. The van der Waals surface area contributed by atoms with Gasteiger partial charge in [-0.3, -0.25) is 9.59 Å². The highest BCUT2D eigenvalue weighted by atomic mass is 16.8. The van der Waals surface area contributed by atoms with Gasteiger partial charge in [-0.2, -0.15) is 0 Å². The second-order valence-corrected chi connectivity index (χ2v) is 21.1. The normalized spacial score (nSPS) is 39.3. The lowest BCUT2D eigenvalue weighted by molar-refractivity contribution is -0.395. The molecular formula is C55H98N2O29. The third-order valence-electron chi connectivity index (χ3n) is 16.3. The Balaban J connectivity index is 1.64. The number of nitrogens with zero attached hydrogens (tertiary/aromatic N) is 1. The predicted octanol–water partition coefficient (Wildman–Crippen LogP) is -1.54. The van der Waals surface area contributed by atoms with Crippen molar-refractivity contribution < 1.29 is 138 Å². The highest BCUT2D eigenvalue weighted by Gasteiger charge is 2.63. The zero-order valence-electron chi connectivity index (χ0n) is 53.5. The van der Waals surface area contributed by atoms with Crippen LogP contribution in [-0.2, 0) is 138 Å². The molecule has 0 aromatic heterocycles. The van der Waals surface area contributed by atoms with Crippen molar-refractivity contribution in [3.63, 3.8) is 0 Å². The number of likely N-dealkylation sites (N-methyl/N-ethyl adjacent to an activating group) is 1. The van der Waals surface area contributed by atoms with Crippen molar-refractivity contribution in [2.45, 2.75) is 179 Å². The quantitative estimate of drug-likeness (QED) is 0.0714. The molecule has 31 nitrogen and oxygen atoms in total. The Morgan fingerprint density at radius 3 is 1.36 bits per heavy atom. The van der Waals surface area contributed by atoms with Crippen molar-refractivity contribution >= 4 is 17.8 Å². The number of hydrogen-bond donors (Lipinski definition) is 1. The summed E-state index contributed by atoms with van der Waals surface area (Å²) in [5, 5.41) is 2.98. The van der Waals surface area contributed by atoms with Gasteiger partial charge in [0, 0.05) is 141 Å². The number of carbonyl (C=O) groups excluding carboxylic acids is 3. The fourth-order valence-electron chi connectivity index (χ4n) is 12.3. The molecule has 0 radical (unpaired) electrons. The maximum Gasteiger partial charge on any atom is 0.366 e. The Labute approximate surface area is 504 Å². The van der Waals surface area contributed by atoms with Crippen LogP contribution < -0.4 is 5.32 Å². The molecule has 5 rings (SSSR count). The van der Waals surface area contributed by atoms with E-state index in [4.69, 9.17) is 123 Å². The first-order chi connectivity index (χ1) is 41.4. The zero-order chi connectivity index (χ0) is 63.6. The van der Waals surface area contributed by atoms with Crippen molar-refractivity contribution in [2.24, 2.45) is 0 Å². The van der Waals surface area contributed by atoms with E-state index in [1.165, 1.54) is 140 Å². The molecule has 0 bridgehead atoms. The van der Waals surface area contributed by atoms with E-state index < -0.39 is 171 Å². The molecule has 2 amide bonds. The van der Waals surface area contributed by atoms with Crippen LogP contribution in [0.2, 0.25) is 0 Å². The van der Waals surface area contributed by atoms with E-state index in [0.717, 1.165) is 0 Å². The molecule has 0 aromatic carbocycles. The summed E-state index contributed by atoms with van der Waals surface area (Å²) in [6.45, 7) is 2.52. The molecule has 5 saturated heterocycles. The summed E-state index contributed by atoms with van der Waals surface area (Å²) in [7, 11) is 26.1. The predicted molar refractivity (Wildman–Crippen MR) is 293 cm³/mol. The van der Waals surface area contributed by atoms with Gasteiger partial charge in [0.1, 0.15) is 116 Å². The molecule has 0 saturated carbocycles. The number of amides is 2. The van der Waals surface area contributed by atoms with Crippen LogP contribution in [0.1, 0.15) is 20.3 Å². The van der Waals surface area contributed by atoms with Crippen molar-refractivity contribution in [1.82, 2.24) is 10.2 Å². The lowest BCUT2D eigenvalue weighted by atomic mass is 9.86. The number of hydrogen-bond acceptors (Lipinski definition) is 29. The van der Waals surface area contributed by atoms with Gasteiger partial charge >= 0.3 is 5.97 Å². The molecule has 5 heterocycles. The van der Waals surface area contributed by atoms with Gasteiger partial charge in [-0.25, -0.2) is 4.79 Å². The van der Waals surface area contributed by atoms with E-state index in [1.54, 1.807) is 7.05 Å². The summed E-state index contributed by atoms with van der Waals surface area (Å²) >= 11 is 0. The molecule has 1 N–H and O–H groups in total. The van der Waals surface area contributed by atoms with Gasteiger partial charge in [-0.1, -0.05) is 0 Å². The fourth-order valence-corrected chi connectivity index (χ4v) is 12.3. The Kier molecular flexibility index (Phi) is 30.9. The van der Waals surface area contributed by atoms with Crippen molar-refractivity contribution in [2.75, 3.05) is 161 Å². The van der Waals surface area contributed by atoms with E-state index >= 15 is 0 Å². The highest BCUT2D eigenvalue weighted by molar-refractivity contribution is 5.78. The van der Waals surface area contributed by atoms with E-state index in [1.807, 2.05) is 0 Å². The van der Waals surface area contributed by atoms with Crippen LogP contribution in [-0.4, -0.2) is 343 Å². The Morgan fingerprint density at radius 2 is 0.930 bits per heavy atom. The summed E-state index contributed by atoms with van der Waals surface area (Å²) in [4.78, 5) is 43.0. The number of methoxy groups -OCH3 is 17. The number of carbonyl (C=O) groups is 3. The SMILES string of the molecule is COC[C@H]1O[C@@H](O[C@H]2[C@H](OC)[C@@H](OC)[C@@H](OC)O[C@@H]2COC)[C@H](OC)[C@@H](O[C@@H]2O[C@H](COC)[C@H](OC)[C@H](O[C@@H]3O[C@H](COC)[C@H](OC)[C@H](O[C@]4(C(=O)OC)C[C@H](OC)[C@@H](N(C)C(C)=O)[C@H]([C@H](OC)[C@@H](COC)OC)O4)[C@H]3OC)[C@H]2NC(C)=O)[C@H]1OC. The molecule has 0 spiro atoms. The average molecular weight is 1250 g/mol. The van der Waals surface area contributed by atoms with Crippen LogP contribution in [0, 0.1) is 0 Å². The molecule has 0 aliphatic carbocycles. The van der Waals surface area contributed by atoms with Crippen molar-refractivity contribution in [3.8, 4) is 0 Å². The Bertz CT molecular complexity index is 1990. The molecular weight excluding hydrogens is 1150 g/mol. The smallest absolute Gasteiger partial charge is 0.366 e. The van der Waals surface area contributed by atoms with Gasteiger partial charge in [0.25, 0.3) is 5.79 Å². The van der Waals surface area contributed by atoms with Gasteiger partial charge in [0.2, 0.25) is 11.8 Å². The van der Waals surface area contributed by atoms with Crippen LogP contribution in [0.15, 0.2) is 0 Å². The van der Waals surface area contributed by atoms with Gasteiger partial charge in [0.15, 0.2) is 25.2 Å². The maximum absolute atomic E-state index is 14.7. The van der Waals surface area contributed by atoms with E-state index in [9.17, 15) is 14.4 Å². The zero-order valence-corrected chi connectivity index (χ0v) is 53.5. The third kappa shape index (κ3) is 16.7. The number of esters is 1. The van der Waals surface area contributed by atoms with E-state index in [2.05, 4.69) is 5.32 Å². The third-order valence-corrected chi connectivity index (χ3v) is 16.3. The summed E-state index contributed by atoms with van der Waals surface area (Å²) in [5.74, 6) is -4.24. The summed E-state index contributed by atoms with van der Waals surface area (Å²) in [5.41, 5.74) is 0. The lowest BCUT2D eigenvalue weighted by Gasteiger charge is -2.54. The van der Waals surface area contributed by atoms with Crippen LogP contribution >= 0.6 is 0 Å². The minimum atomic E-state index is -2.37. The molecule has 31 heteroatoms. The van der Waals surface area contributed by atoms with Crippen LogP contribution in [0.3, 0.4) is 0 Å².